The van der Waals surface area contributed by atoms with Gasteiger partial charge in [0.15, 0.2) is 0 Å². The number of carbonyl (C=O) groups excluding carboxylic acids is 1. The Hall–Kier alpha value is -3.57. The van der Waals surface area contributed by atoms with Crippen molar-refractivity contribution in [2.45, 2.75) is 20.1 Å². The molecule has 5 heteroatoms. The molecule has 34 heavy (non-hydrogen) atoms. The number of benzene rings is 3. The van der Waals surface area contributed by atoms with Crippen LogP contribution in [0.15, 0.2) is 78.9 Å². The molecular formula is C29H32N2O3. The average molecular weight is 457 g/mol. The molecule has 176 valence electrons. The van der Waals surface area contributed by atoms with Gasteiger partial charge in [-0.05, 0) is 54.0 Å². The highest BCUT2D eigenvalue weighted by Crippen LogP contribution is 2.23. The lowest BCUT2D eigenvalue weighted by atomic mass is 10.1. The van der Waals surface area contributed by atoms with Gasteiger partial charge >= 0.3 is 0 Å². The third kappa shape index (κ3) is 6.49. The molecule has 5 nitrogen and oxygen atoms in total. The maximum absolute atomic E-state index is 12.8. The third-order valence-electron chi connectivity index (χ3n) is 6.04. The number of aryl methyl sites for hydroxylation is 1. The van der Waals surface area contributed by atoms with Gasteiger partial charge < -0.3 is 14.4 Å². The molecule has 1 aliphatic heterocycles. The summed E-state index contributed by atoms with van der Waals surface area (Å²) in [5.74, 6) is 1.64. The van der Waals surface area contributed by atoms with E-state index < -0.39 is 0 Å². The number of hydrogen-bond donors (Lipinski definition) is 0. The van der Waals surface area contributed by atoms with Crippen LogP contribution in [0.1, 0.15) is 22.3 Å². The molecule has 1 heterocycles. The Labute approximate surface area is 202 Å². The van der Waals surface area contributed by atoms with E-state index in [0.29, 0.717) is 6.61 Å². The topological polar surface area (TPSA) is 42.0 Å². The summed E-state index contributed by atoms with van der Waals surface area (Å²) in [6.07, 6.45) is 3.54. The number of rotatable bonds is 8. The van der Waals surface area contributed by atoms with Gasteiger partial charge in [0.25, 0.3) is 0 Å². The quantitative estimate of drug-likeness (QED) is 0.450. The first-order valence-corrected chi connectivity index (χ1v) is 11.7. The summed E-state index contributed by atoms with van der Waals surface area (Å²) in [6, 6.07) is 24.3. The molecule has 3 aromatic rings. The highest BCUT2D eigenvalue weighted by atomic mass is 16.5. The summed E-state index contributed by atoms with van der Waals surface area (Å²) in [6.45, 7) is 6.62. The lowest BCUT2D eigenvalue weighted by Gasteiger charge is -2.34. The van der Waals surface area contributed by atoms with Crippen molar-refractivity contribution in [1.82, 2.24) is 9.80 Å². The fourth-order valence-corrected chi connectivity index (χ4v) is 4.12. The molecule has 0 bridgehead atoms. The molecule has 0 radical (unpaired) electrons. The number of amides is 1. The Morgan fingerprint density at radius 1 is 0.941 bits per heavy atom. The fraction of sp³-hybridized carbons (Fsp3) is 0.276. The average Bonchev–Trinajstić information content (AvgIpc) is 2.87. The van der Waals surface area contributed by atoms with E-state index in [1.54, 1.807) is 13.2 Å². The first kappa shape index (κ1) is 23.6. The highest BCUT2D eigenvalue weighted by Gasteiger charge is 2.19. The number of carbonyl (C=O) groups is 1. The Balaban J connectivity index is 1.32. The molecule has 1 saturated heterocycles. The highest BCUT2D eigenvalue weighted by molar-refractivity contribution is 5.91. The second-order valence-corrected chi connectivity index (χ2v) is 8.60. The molecule has 1 fully saturated rings. The molecule has 0 atom stereocenters. The van der Waals surface area contributed by atoms with E-state index in [0.717, 1.165) is 60.9 Å². The van der Waals surface area contributed by atoms with Crippen molar-refractivity contribution in [3.05, 3.63) is 101 Å². The zero-order chi connectivity index (χ0) is 23.8. The van der Waals surface area contributed by atoms with Crippen LogP contribution in [-0.2, 0) is 17.9 Å². The van der Waals surface area contributed by atoms with Crippen LogP contribution < -0.4 is 9.47 Å². The standard InChI is InChI=1S/C29H32N2O3/c1-23-7-6-10-27(19-23)34-22-26-20-24(11-13-28(26)33-2)12-14-29(32)31-17-15-30(16-18-31)21-25-8-4-3-5-9-25/h3-14,19-20H,15-18,21-22H2,1-2H3/b14-12+. The van der Waals surface area contributed by atoms with Gasteiger partial charge in [0, 0.05) is 44.4 Å². The van der Waals surface area contributed by atoms with Crippen LogP contribution in [0.2, 0.25) is 0 Å². The monoisotopic (exact) mass is 456 g/mol. The van der Waals surface area contributed by atoms with Gasteiger partial charge in [0.05, 0.1) is 7.11 Å². The van der Waals surface area contributed by atoms with Crippen LogP contribution in [0.3, 0.4) is 0 Å². The molecular weight excluding hydrogens is 424 g/mol. The third-order valence-corrected chi connectivity index (χ3v) is 6.04. The SMILES string of the molecule is COc1ccc(/C=C/C(=O)N2CCN(Cc3ccccc3)CC2)cc1COc1cccc(C)c1. The molecule has 4 rings (SSSR count). The lowest BCUT2D eigenvalue weighted by molar-refractivity contribution is -0.127. The van der Waals surface area contributed by atoms with Crippen molar-refractivity contribution in [2.24, 2.45) is 0 Å². The maximum atomic E-state index is 12.8. The van der Waals surface area contributed by atoms with E-state index in [1.165, 1.54) is 5.56 Å². The van der Waals surface area contributed by atoms with E-state index in [1.807, 2.05) is 66.4 Å². The molecule has 0 N–H and O–H groups in total. The molecule has 3 aromatic carbocycles. The van der Waals surface area contributed by atoms with Crippen molar-refractivity contribution >= 4 is 12.0 Å². The minimum Gasteiger partial charge on any atom is -0.496 e. The zero-order valence-corrected chi connectivity index (χ0v) is 19.9. The summed E-state index contributed by atoms with van der Waals surface area (Å²) in [4.78, 5) is 17.1. The summed E-state index contributed by atoms with van der Waals surface area (Å²) in [5.41, 5.74) is 4.34. The van der Waals surface area contributed by atoms with Gasteiger partial charge in [-0.3, -0.25) is 9.69 Å². The van der Waals surface area contributed by atoms with Crippen LogP contribution in [0.4, 0.5) is 0 Å². The van der Waals surface area contributed by atoms with E-state index in [-0.39, 0.29) is 5.91 Å². The van der Waals surface area contributed by atoms with Crippen LogP contribution in [0.25, 0.3) is 6.08 Å². The number of methoxy groups -OCH3 is 1. The molecule has 0 saturated carbocycles. The van der Waals surface area contributed by atoms with Gasteiger partial charge in [0.1, 0.15) is 18.1 Å². The largest absolute Gasteiger partial charge is 0.496 e. The number of piperazine rings is 1. The minimum atomic E-state index is 0.0488. The fourth-order valence-electron chi connectivity index (χ4n) is 4.12. The van der Waals surface area contributed by atoms with E-state index >= 15 is 0 Å². The number of nitrogens with zero attached hydrogens (tertiary/aromatic N) is 2. The van der Waals surface area contributed by atoms with Gasteiger partial charge in [0.2, 0.25) is 5.91 Å². The second-order valence-electron chi connectivity index (χ2n) is 8.60. The number of hydrogen-bond acceptors (Lipinski definition) is 4. The van der Waals surface area contributed by atoms with Crippen molar-refractivity contribution in [2.75, 3.05) is 33.3 Å². The smallest absolute Gasteiger partial charge is 0.246 e. The zero-order valence-electron chi connectivity index (χ0n) is 19.9. The van der Waals surface area contributed by atoms with Crippen molar-refractivity contribution in [3.8, 4) is 11.5 Å². The first-order valence-electron chi connectivity index (χ1n) is 11.7. The predicted molar refractivity (Wildman–Crippen MR) is 136 cm³/mol. The lowest BCUT2D eigenvalue weighted by Crippen LogP contribution is -2.47. The first-order chi connectivity index (χ1) is 16.6. The summed E-state index contributed by atoms with van der Waals surface area (Å²) < 4.78 is 11.5. The van der Waals surface area contributed by atoms with Crippen molar-refractivity contribution < 1.29 is 14.3 Å². The molecule has 0 spiro atoms. The molecule has 1 aliphatic rings. The Kier molecular flexibility index (Phi) is 7.99. The minimum absolute atomic E-state index is 0.0488. The van der Waals surface area contributed by atoms with Gasteiger partial charge in [-0.25, -0.2) is 0 Å². The predicted octanol–water partition coefficient (Wildman–Crippen LogP) is 4.94. The summed E-state index contributed by atoms with van der Waals surface area (Å²) in [5, 5.41) is 0. The van der Waals surface area contributed by atoms with Crippen LogP contribution in [-0.4, -0.2) is 49.0 Å². The van der Waals surface area contributed by atoms with Gasteiger partial charge in [-0.2, -0.15) is 0 Å². The second kappa shape index (κ2) is 11.5. The maximum Gasteiger partial charge on any atom is 0.246 e. The Morgan fingerprint density at radius 2 is 1.74 bits per heavy atom. The van der Waals surface area contributed by atoms with Gasteiger partial charge in [-0.15, -0.1) is 0 Å². The normalized spacial score (nSPS) is 14.4. The molecule has 1 amide bonds. The van der Waals surface area contributed by atoms with Crippen LogP contribution >= 0.6 is 0 Å². The van der Waals surface area contributed by atoms with E-state index in [2.05, 4.69) is 29.2 Å². The van der Waals surface area contributed by atoms with Crippen molar-refractivity contribution in [3.63, 3.8) is 0 Å². The number of ether oxygens (including phenoxy) is 2. The van der Waals surface area contributed by atoms with E-state index in [9.17, 15) is 4.79 Å². The summed E-state index contributed by atoms with van der Waals surface area (Å²) in [7, 11) is 1.65. The Bertz CT molecular complexity index is 1120. The van der Waals surface area contributed by atoms with Crippen LogP contribution in [0, 0.1) is 6.92 Å². The molecule has 0 aromatic heterocycles. The summed E-state index contributed by atoms with van der Waals surface area (Å²) >= 11 is 0. The van der Waals surface area contributed by atoms with Crippen LogP contribution in [0.5, 0.6) is 11.5 Å². The Morgan fingerprint density at radius 3 is 2.47 bits per heavy atom. The van der Waals surface area contributed by atoms with E-state index in [4.69, 9.17) is 9.47 Å². The van der Waals surface area contributed by atoms with Gasteiger partial charge in [-0.1, -0.05) is 48.5 Å². The molecule has 0 aliphatic carbocycles. The van der Waals surface area contributed by atoms with Crippen molar-refractivity contribution in [1.29, 1.82) is 0 Å². The molecule has 0 unspecified atom stereocenters.